The Balaban J connectivity index is 2.21. The number of hydrogen-bond donors (Lipinski definition) is 6. The third-order valence-electron chi connectivity index (χ3n) is 9.54. The van der Waals surface area contributed by atoms with E-state index < -0.39 is 117 Å². The molecule has 3 aliphatic rings. The van der Waals surface area contributed by atoms with E-state index in [9.17, 15) is 49.5 Å². The maximum Gasteiger partial charge on any atom is 0.302 e. The molecule has 1 aromatic rings. The normalized spacial score (nSPS) is 33.6. The quantitative estimate of drug-likeness (QED) is 0.243. The number of aliphatic hydroxyl groups is 3. The molecule has 1 aromatic carbocycles. The van der Waals surface area contributed by atoms with Crippen molar-refractivity contribution in [3.8, 4) is 11.5 Å². The number of carbonyl (C=O) groups is 5. The smallest absolute Gasteiger partial charge is 0.302 e. The van der Waals surface area contributed by atoms with E-state index in [0.29, 0.717) is 0 Å². The van der Waals surface area contributed by atoms with E-state index >= 15 is 0 Å². The number of Topliss-reactive ketones (excluding diaryl/α,β-unsaturated/α-hetero) is 2. The van der Waals surface area contributed by atoms with Crippen molar-refractivity contribution in [3.63, 3.8) is 0 Å². The molecule has 1 aliphatic carbocycles. The van der Waals surface area contributed by atoms with E-state index in [1.54, 1.807) is 33.8 Å². The number of rotatable bonds is 2. The summed E-state index contributed by atoms with van der Waals surface area (Å²) in [5.74, 6) is -12.0. The van der Waals surface area contributed by atoms with E-state index in [0.717, 1.165) is 19.3 Å². The third kappa shape index (κ3) is 8.47. The number of hydrogen-bond acceptors (Lipinski definition) is 13. The summed E-state index contributed by atoms with van der Waals surface area (Å²) in [6.45, 7) is 11.4. The molecule has 0 spiro atoms. The first-order chi connectivity index (χ1) is 23.7. The Morgan fingerprint density at radius 3 is 2.10 bits per heavy atom. The Morgan fingerprint density at radius 2 is 1.51 bits per heavy atom. The largest absolute Gasteiger partial charge is 0.507 e. The van der Waals surface area contributed by atoms with Crippen molar-refractivity contribution < 1.29 is 63.7 Å². The first-order valence-corrected chi connectivity index (χ1v) is 16.4. The van der Waals surface area contributed by atoms with Crippen molar-refractivity contribution in [2.24, 2.45) is 23.7 Å². The number of fused-ring (bicyclic) bond motifs is 16. The van der Waals surface area contributed by atoms with Crippen molar-refractivity contribution >= 4 is 29.2 Å². The number of amides is 1. The number of allylic oxidation sites excluding steroid dienone is 4. The lowest BCUT2D eigenvalue weighted by Crippen LogP contribution is -2.46. The Morgan fingerprint density at radius 1 is 0.902 bits per heavy atom. The fourth-order valence-corrected chi connectivity index (χ4v) is 6.25. The lowest BCUT2D eigenvalue weighted by atomic mass is 9.78. The van der Waals surface area contributed by atoms with Crippen LogP contribution in [0.1, 0.15) is 85.1 Å². The summed E-state index contributed by atoms with van der Waals surface area (Å²) in [4.78, 5) is 66.0. The van der Waals surface area contributed by atoms with Gasteiger partial charge in [0.15, 0.2) is 5.78 Å². The summed E-state index contributed by atoms with van der Waals surface area (Å²) in [7, 11) is 1.35. The fraction of sp³-hybridized carbons (Fsp3) is 0.486. The molecule has 2 aliphatic heterocycles. The van der Waals surface area contributed by atoms with Gasteiger partial charge < -0.3 is 45.1 Å². The van der Waals surface area contributed by atoms with Gasteiger partial charge >= 0.3 is 5.97 Å². The number of benzene rings is 1. The summed E-state index contributed by atoms with van der Waals surface area (Å²) < 4.78 is 16.6. The number of aromatic hydroxyl groups is 2. The van der Waals surface area contributed by atoms with Crippen molar-refractivity contribution in [2.45, 2.75) is 85.6 Å². The highest BCUT2D eigenvalue weighted by Gasteiger charge is 2.43. The molecule has 0 unspecified atom stereocenters. The molecule has 9 atom stereocenters. The van der Waals surface area contributed by atoms with Crippen molar-refractivity contribution in [3.05, 3.63) is 70.2 Å². The first-order valence-electron chi connectivity index (χ1n) is 16.4. The molecule has 4 bridgehead atoms. The van der Waals surface area contributed by atoms with Crippen LogP contribution in [0, 0.1) is 30.6 Å². The number of aliphatic hydroxyl groups excluding tert-OH is 2. The molecule has 1 amide bonds. The molecule has 14 nitrogen and oxygen atoms in total. The average molecular weight is 714 g/mol. The second kappa shape index (κ2) is 16.1. The number of nitrogens with one attached hydrogen (secondary N) is 1. The van der Waals surface area contributed by atoms with Gasteiger partial charge in [-0.25, -0.2) is 0 Å². The highest BCUT2D eigenvalue weighted by atomic mass is 16.6. The van der Waals surface area contributed by atoms with Gasteiger partial charge in [0.05, 0.1) is 47.0 Å². The Hall–Kier alpha value is -4.63. The van der Waals surface area contributed by atoms with Crippen LogP contribution in [0.2, 0.25) is 0 Å². The van der Waals surface area contributed by atoms with Crippen LogP contribution in [0.15, 0.2) is 47.9 Å². The second-order valence-electron chi connectivity index (χ2n) is 13.3. The van der Waals surface area contributed by atoms with Gasteiger partial charge in [-0.05, 0) is 19.9 Å². The SMILES string of the molecule is CO[C@H]1/C=C/O[C@@](C)(O)C(=O)c2c(O)c(C)c(O)c3c2C(=O)C=C(NC(=O)/C(C)=C\C=C\[C@H](C)[C@H](O)[C@@H](C)[C@@H](O)[C@@H](C)[C@H](OC(C)=O)[C@@H]1C)C3=O. The minimum atomic E-state index is -2.77. The number of phenolic OH excluding ortho intramolecular Hbond substituents is 2. The number of carbonyl (C=O) groups excluding carboxylic acids is 5. The van der Waals surface area contributed by atoms with Crippen molar-refractivity contribution in [1.29, 1.82) is 0 Å². The highest BCUT2D eigenvalue weighted by Crippen LogP contribution is 2.42. The molecule has 0 radical (unpaired) electrons. The van der Waals surface area contributed by atoms with Gasteiger partial charge in [-0.2, -0.15) is 0 Å². The number of phenols is 2. The van der Waals surface area contributed by atoms with Gasteiger partial charge in [0, 0.05) is 61.8 Å². The number of esters is 1. The predicted molar refractivity (Wildman–Crippen MR) is 182 cm³/mol. The van der Waals surface area contributed by atoms with Gasteiger partial charge in [-0.15, -0.1) is 0 Å². The van der Waals surface area contributed by atoms with Crippen LogP contribution in [0.4, 0.5) is 0 Å². The topological polar surface area (TPSA) is 226 Å². The lowest BCUT2D eigenvalue weighted by Gasteiger charge is -2.38. The second-order valence-corrected chi connectivity index (χ2v) is 13.3. The molecule has 51 heavy (non-hydrogen) atoms. The van der Waals surface area contributed by atoms with Crippen LogP contribution >= 0.6 is 0 Å². The summed E-state index contributed by atoms with van der Waals surface area (Å²) in [6, 6.07) is 0. The van der Waals surface area contributed by atoms with Gasteiger partial charge in [0.25, 0.3) is 11.7 Å². The van der Waals surface area contributed by atoms with Gasteiger partial charge in [0.1, 0.15) is 17.6 Å². The molecule has 0 saturated carbocycles. The van der Waals surface area contributed by atoms with Crippen LogP contribution in [0.3, 0.4) is 0 Å². The molecule has 6 N–H and O–H groups in total. The molecule has 278 valence electrons. The third-order valence-corrected chi connectivity index (χ3v) is 9.54. The average Bonchev–Trinajstić information content (AvgIpc) is 3.07. The molecule has 0 fully saturated rings. The lowest BCUT2D eigenvalue weighted by molar-refractivity contribution is -0.160. The Bertz CT molecular complexity index is 1700. The van der Waals surface area contributed by atoms with E-state index in [4.69, 9.17) is 14.2 Å². The van der Waals surface area contributed by atoms with Crippen LogP contribution in [-0.4, -0.2) is 92.1 Å². The summed E-state index contributed by atoms with van der Waals surface area (Å²) in [5.41, 5.74) is -2.95. The van der Waals surface area contributed by atoms with Gasteiger partial charge in [-0.3, -0.25) is 24.0 Å². The number of methoxy groups -OCH3 is 1. The minimum Gasteiger partial charge on any atom is -0.507 e. The molecule has 0 aromatic heterocycles. The summed E-state index contributed by atoms with van der Waals surface area (Å²) >= 11 is 0. The van der Waals surface area contributed by atoms with Crippen molar-refractivity contribution in [1.82, 2.24) is 5.32 Å². The maximum atomic E-state index is 13.8. The first kappa shape index (κ1) is 40.8. The monoisotopic (exact) mass is 713 g/mol. The molecular formula is C37H47NO13. The van der Waals surface area contributed by atoms with Gasteiger partial charge in [-0.1, -0.05) is 45.9 Å². The van der Waals surface area contributed by atoms with Gasteiger partial charge in [0.2, 0.25) is 11.6 Å². The van der Waals surface area contributed by atoms with Crippen LogP contribution < -0.4 is 5.32 Å². The zero-order valence-electron chi connectivity index (χ0n) is 30.1. The van der Waals surface area contributed by atoms with E-state index in [-0.39, 0.29) is 11.1 Å². The molecule has 2 heterocycles. The summed E-state index contributed by atoms with van der Waals surface area (Å²) in [6.07, 6.45) is 3.38. The number of ketones is 3. The molecular weight excluding hydrogens is 666 g/mol. The minimum absolute atomic E-state index is 0.0881. The Kier molecular flexibility index (Phi) is 12.9. The molecule has 4 rings (SSSR count). The highest BCUT2D eigenvalue weighted by molar-refractivity contribution is 6.30. The molecule has 0 saturated heterocycles. The molecule has 14 heteroatoms. The predicted octanol–water partition coefficient (Wildman–Crippen LogP) is 2.94. The van der Waals surface area contributed by atoms with Crippen molar-refractivity contribution in [2.75, 3.05) is 7.11 Å². The van der Waals surface area contributed by atoms with Crippen LogP contribution in [0.25, 0.3) is 0 Å². The summed E-state index contributed by atoms with van der Waals surface area (Å²) in [5, 5.41) is 57.8. The van der Waals surface area contributed by atoms with E-state index in [2.05, 4.69) is 5.32 Å². The fourth-order valence-electron chi connectivity index (χ4n) is 6.25. The zero-order chi connectivity index (χ0) is 38.7. The van der Waals surface area contributed by atoms with E-state index in [1.165, 1.54) is 46.1 Å². The zero-order valence-corrected chi connectivity index (χ0v) is 30.1. The van der Waals surface area contributed by atoms with Crippen LogP contribution in [0.5, 0.6) is 11.5 Å². The van der Waals surface area contributed by atoms with Crippen LogP contribution in [-0.2, 0) is 23.8 Å². The maximum absolute atomic E-state index is 13.8. The van der Waals surface area contributed by atoms with E-state index in [1.807, 2.05) is 0 Å². The Labute approximate surface area is 296 Å². The standard InChI is InChI=1S/C37H47NO13/c1-16-11-10-12-17(2)36(47)38-23-15-24(40)26-27(33(23)45)31(43)20(5)32(44)28(26)35(46)37(8,48)50-14-13-25(49-9)18(3)34(51-22(7)39)21(6)30(42)19(4)29(16)41/h10-16,18-19,21,25,29-30,34,41-44,48H,1-9H3,(H,38,47)/b11-10+,14-13+,17-12-/t16-,18+,19+,21+,25-,29-,30+,34+,37+/m0/s1. The number of ether oxygens (including phenoxy) is 3.